The standard InChI is InChI=1S/C8H9N.2C6HF5O.C4H11Si.V/c1-6-4-3-5-7(2)8(6)9;2*7-1-2(8)4(10)6(12)5(11)3(1)9;1-5(2,3)4;/h3-5H,1-2H3;2*12H;1H2,2-4H3;/q;;;;+2/p-2. The summed E-state index contributed by atoms with van der Waals surface area (Å²) >= 11 is 0. The molecule has 0 N–H and O–H groups in total. The molecule has 39 heavy (non-hydrogen) atoms. The van der Waals surface area contributed by atoms with Crippen molar-refractivity contribution in [3.8, 4) is 11.5 Å². The van der Waals surface area contributed by atoms with Gasteiger partial charge >= 0.3 is 18.6 Å². The van der Waals surface area contributed by atoms with E-state index in [1.807, 2.05) is 32.4 Å². The van der Waals surface area contributed by atoms with Crippen molar-refractivity contribution in [2.75, 3.05) is 0 Å². The topological polar surface area (TPSA) is 68.4 Å². The van der Waals surface area contributed by atoms with Crippen LogP contribution < -0.4 is 10.2 Å². The van der Waals surface area contributed by atoms with Gasteiger partial charge in [-0.1, -0.05) is 26.2 Å². The Morgan fingerprint density at radius 1 is 0.590 bits per heavy atom. The van der Waals surface area contributed by atoms with Crippen molar-refractivity contribution in [1.82, 2.24) is 0 Å². The van der Waals surface area contributed by atoms with Crippen molar-refractivity contribution < 1.29 is 72.7 Å². The summed E-state index contributed by atoms with van der Waals surface area (Å²) in [5, 5.41) is 29.5. The Bertz CT molecular complexity index is 957. The zero-order valence-electron chi connectivity index (χ0n) is 20.9. The molecule has 0 heterocycles. The van der Waals surface area contributed by atoms with E-state index in [-0.39, 0.29) is 18.6 Å². The van der Waals surface area contributed by atoms with Crippen LogP contribution in [0.15, 0.2) is 23.3 Å². The summed E-state index contributed by atoms with van der Waals surface area (Å²) in [5.74, 6) is -27.2. The van der Waals surface area contributed by atoms with Gasteiger partial charge in [0.15, 0.2) is 58.2 Å². The Kier molecular flexibility index (Phi) is 15.4. The van der Waals surface area contributed by atoms with Gasteiger partial charge in [0.2, 0.25) is 0 Å². The Balaban J connectivity index is 0. The van der Waals surface area contributed by atoms with Gasteiger partial charge in [0, 0.05) is 51.6 Å². The van der Waals surface area contributed by atoms with Crippen molar-refractivity contribution in [2.24, 2.45) is 0 Å². The van der Waals surface area contributed by atoms with Crippen LogP contribution in [-0.4, -0.2) is 13.8 Å². The van der Waals surface area contributed by atoms with Crippen LogP contribution in [0.5, 0.6) is 11.5 Å². The Hall–Kier alpha value is -2.84. The molecule has 0 unspecified atom stereocenters. The van der Waals surface area contributed by atoms with Gasteiger partial charge in [0.1, 0.15) is 0 Å². The van der Waals surface area contributed by atoms with Crippen molar-refractivity contribution in [3.63, 3.8) is 0 Å². The van der Waals surface area contributed by atoms with Crippen LogP contribution in [0.25, 0.3) is 5.41 Å². The number of nitrogens with zero attached hydrogens (tertiary/aromatic N) is 1. The third kappa shape index (κ3) is 11.0. The quantitative estimate of drug-likeness (QED) is 0.108. The number of halogens is 10. The smallest absolute Gasteiger partial charge is 0.868 e. The number of hydrogen-bond acceptors (Lipinski definition) is 2. The number of benzene rings is 2. The van der Waals surface area contributed by atoms with Crippen LogP contribution in [0.2, 0.25) is 19.6 Å². The average Bonchev–Trinajstić information content (AvgIpc) is 2.84. The Morgan fingerprint density at radius 3 is 0.949 bits per heavy atom. The molecule has 3 rings (SSSR count). The maximum atomic E-state index is 12.1. The molecular weight excluding hydrogens is 603 g/mol. The summed E-state index contributed by atoms with van der Waals surface area (Å²) in [7, 11) is -0.861. The fraction of sp³-hybridized carbons (Fsp3) is 0.208. The summed E-state index contributed by atoms with van der Waals surface area (Å²) in [5.41, 5.74) is 2.29. The first-order chi connectivity index (χ1) is 17.1. The monoisotopic (exact) mass is 623 g/mol. The predicted octanol–water partition coefficient (Wildman–Crippen LogP) is 6.71. The van der Waals surface area contributed by atoms with E-state index in [0.29, 0.717) is 5.71 Å². The van der Waals surface area contributed by atoms with Crippen molar-refractivity contribution >= 4 is 13.8 Å². The van der Waals surface area contributed by atoms with E-state index >= 15 is 0 Å². The van der Waals surface area contributed by atoms with E-state index in [1.54, 1.807) is 0 Å². The molecule has 15 heteroatoms. The molecule has 0 atom stereocenters. The van der Waals surface area contributed by atoms with Gasteiger partial charge in [-0.25, -0.2) is 43.9 Å². The second-order valence-electron chi connectivity index (χ2n) is 8.60. The van der Waals surface area contributed by atoms with Crippen molar-refractivity contribution in [2.45, 2.75) is 33.5 Å². The van der Waals surface area contributed by atoms with Gasteiger partial charge < -0.3 is 15.6 Å². The minimum absolute atomic E-state index is 0. The molecule has 2 radical (unpaired) electrons. The third-order valence-electron chi connectivity index (χ3n) is 3.78. The summed E-state index contributed by atoms with van der Waals surface area (Å²) in [4.78, 5) is 0. The summed E-state index contributed by atoms with van der Waals surface area (Å²) in [6.07, 6.45) is 5.72. The van der Waals surface area contributed by atoms with Crippen LogP contribution in [-0.2, 0) is 18.6 Å². The molecule has 212 valence electrons. The van der Waals surface area contributed by atoms with Crippen LogP contribution >= 0.6 is 0 Å². The molecule has 0 aromatic heterocycles. The molecule has 0 aliphatic heterocycles. The van der Waals surface area contributed by atoms with E-state index in [0.717, 1.165) is 11.1 Å². The molecule has 0 saturated heterocycles. The van der Waals surface area contributed by atoms with E-state index in [1.165, 1.54) is 0 Å². The molecule has 1 aliphatic carbocycles. The molecular formula is C24H20F10NO2SiV. The van der Waals surface area contributed by atoms with E-state index in [2.05, 4.69) is 26.2 Å². The van der Waals surface area contributed by atoms with E-state index < -0.39 is 77.7 Å². The minimum atomic E-state index is -2.33. The molecule has 3 nitrogen and oxygen atoms in total. The van der Waals surface area contributed by atoms with Crippen molar-refractivity contribution in [1.29, 1.82) is 0 Å². The van der Waals surface area contributed by atoms with Crippen LogP contribution in [0, 0.1) is 71.1 Å². The molecule has 2 aromatic rings. The van der Waals surface area contributed by atoms with Gasteiger partial charge in [0.25, 0.3) is 0 Å². The third-order valence-corrected chi connectivity index (χ3v) is 3.78. The fourth-order valence-corrected chi connectivity index (χ4v) is 1.98. The van der Waals surface area contributed by atoms with Crippen LogP contribution in [0.1, 0.15) is 13.8 Å². The largest absolute Gasteiger partial charge is 2.00 e. The fourth-order valence-electron chi connectivity index (χ4n) is 1.98. The first-order valence-corrected chi connectivity index (χ1v) is 13.8. The van der Waals surface area contributed by atoms with E-state index in [9.17, 15) is 59.5 Å². The van der Waals surface area contributed by atoms with Crippen molar-refractivity contribution in [3.05, 3.63) is 99.8 Å². The zero-order chi connectivity index (χ0) is 30.3. The summed E-state index contributed by atoms with van der Waals surface area (Å²) < 4.78 is 121. The minimum Gasteiger partial charge on any atom is -0.868 e. The average molecular weight is 623 g/mol. The van der Waals surface area contributed by atoms with E-state index in [4.69, 9.17) is 0 Å². The Morgan fingerprint density at radius 2 is 0.769 bits per heavy atom. The number of rotatable bonds is 0. The van der Waals surface area contributed by atoms with Gasteiger partial charge in [-0.2, -0.15) is 0 Å². The van der Waals surface area contributed by atoms with Gasteiger partial charge in [-0.05, 0) is 17.2 Å². The molecule has 1 aliphatic rings. The molecule has 0 saturated carbocycles. The summed E-state index contributed by atoms with van der Waals surface area (Å²) in [6, 6.07) is 0. The summed E-state index contributed by atoms with van der Waals surface area (Å²) in [6.45, 7) is 14.3. The van der Waals surface area contributed by atoms with Gasteiger partial charge in [-0.15, -0.1) is 0 Å². The molecule has 0 spiro atoms. The van der Waals surface area contributed by atoms with Crippen LogP contribution in [0.4, 0.5) is 43.9 Å². The maximum absolute atomic E-state index is 12.1. The maximum Gasteiger partial charge on any atom is 2.00 e. The van der Waals surface area contributed by atoms with Gasteiger partial charge in [-0.3, -0.25) is 0 Å². The second-order valence-corrected chi connectivity index (χ2v) is 13.7. The van der Waals surface area contributed by atoms with Crippen LogP contribution in [0.3, 0.4) is 0 Å². The van der Waals surface area contributed by atoms with Gasteiger partial charge in [0.05, 0.1) is 0 Å². The first kappa shape index (κ1) is 38.3. The normalized spacial score (nSPS) is 12.2. The number of hydrogen-bond donors (Lipinski definition) is 0. The molecule has 0 amide bonds. The molecule has 0 fully saturated rings. The first-order valence-electron chi connectivity index (χ1n) is 10.1. The molecule has 0 bridgehead atoms. The molecule has 2 aromatic carbocycles. The zero-order valence-corrected chi connectivity index (χ0v) is 23.3. The number of allylic oxidation sites excluding steroid dienone is 4. The predicted molar refractivity (Wildman–Crippen MR) is 120 cm³/mol. The SMILES string of the molecule is CC1=C[CH+]C=C(C)C1=[N-].[CH2][Si](C)(C)C.[O-]c1c(F)c(F)c(F)c(F)c1F.[O-]c1c(F)c(F)c(F)c(F)c1F.[V+2]. The Labute approximate surface area is 231 Å². The second kappa shape index (κ2) is 15.7.